The van der Waals surface area contributed by atoms with Gasteiger partial charge in [0.15, 0.2) is 0 Å². The van der Waals surface area contributed by atoms with E-state index in [0.29, 0.717) is 6.61 Å². The summed E-state index contributed by atoms with van der Waals surface area (Å²) in [6.45, 7) is 0.534. The van der Waals surface area contributed by atoms with E-state index in [1.54, 1.807) is 0 Å². The molecule has 0 spiro atoms. The van der Waals surface area contributed by atoms with Gasteiger partial charge in [0.1, 0.15) is 6.10 Å². The van der Waals surface area contributed by atoms with E-state index in [2.05, 4.69) is 14.7 Å². The number of benzene rings is 1. The van der Waals surface area contributed by atoms with Crippen molar-refractivity contribution in [1.29, 1.82) is 0 Å². The molecule has 1 N–H and O–H groups in total. The average molecular weight is 338 g/mol. The van der Waals surface area contributed by atoms with E-state index in [-0.39, 0.29) is 6.61 Å². The van der Waals surface area contributed by atoms with Crippen molar-refractivity contribution < 1.29 is 17.9 Å². The van der Waals surface area contributed by atoms with Crippen LogP contribution in [0, 0.1) is 0 Å². The predicted molar refractivity (Wildman–Crippen MR) is 84.8 cm³/mol. The van der Waals surface area contributed by atoms with E-state index in [1.165, 1.54) is 12.3 Å². The number of rotatable bonds is 7. The highest BCUT2D eigenvalue weighted by atomic mass is 32.2. The molecule has 0 unspecified atom stereocenters. The van der Waals surface area contributed by atoms with Gasteiger partial charge in [-0.25, -0.2) is 13.1 Å². The first kappa shape index (κ1) is 17.3. The zero-order valence-electron chi connectivity index (χ0n) is 12.6. The molecule has 1 aromatic carbocycles. The number of hydrogen-bond acceptors (Lipinski definition) is 5. The summed E-state index contributed by atoms with van der Waals surface area (Å²) >= 11 is 0. The topological polar surface area (TPSA) is 113 Å². The van der Waals surface area contributed by atoms with Crippen molar-refractivity contribution in [3.63, 3.8) is 0 Å². The third kappa shape index (κ3) is 5.57. The number of nitrogens with one attached hydrogen (secondary N) is 1. The Morgan fingerprint density at radius 2 is 2.13 bits per heavy atom. The zero-order valence-corrected chi connectivity index (χ0v) is 13.4. The second kappa shape index (κ2) is 7.98. The van der Waals surface area contributed by atoms with E-state index >= 15 is 0 Å². The van der Waals surface area contributed by atoms with Crippen LogP contribution >= 0.6 is 0 Å². The SMILES string of the molecule is CS(=O)(=O)N[C@H]1[C@H](N=[N+]=[N-])C=CO[C@@H]1COCc1ccccc1. The molecule has 0 aromatic heterocycles. The molecule has 0 saturated heterocycles. The molecule has 1 heterocycles. The fraction of sp³-hybridized carbons (Fsp3) is 0.429. The van der Waals surface area contributed by atoms with E-state index in [0.717, 1.165) is 11.8 Å². The van der Waals surface area contributed by atoms with Gasteiger partial charge in [-0.1, -0.05) is 35.4 Å². The second-order valence-corrected chi connectivity index (χ2v) is 6.90. The summed E-state index contributed by atoms with van der Waals surface area (Å²) in [4.78, 5) is 2.74. The summed E-state index contributed by atoms with van der Waals surface area (Å²) in [5.74, 6) is 0. The standard InChI is InChI=1S/C14H18N4O4S/c1-23(19,20)17-14-12(16-18-15)7-8-22-13(14)10-21-9-11-5-3-2-4-6-11/h2-8,12-14,17H,9-10H2,1H3/t12-,13-,14+/m1/s1. The van der Waals surface area contributed by atoms with E-state index in [9.17, 15) is 8.42 Å². The molecule has 0 saturated carbocycles. The molecule has 2 rings (SSSR count). The summed E-state index contributed by atoms with van der Waals surface area (Å²) in [5, 5.41) is 3.60. The molecular weight excluding hydrogens is 320 g/mol. The van der Waals surface area contributed by atoms with Crippen molar-refractivity contribution in [1.82, 2.24) is 4.72 Å². The van der Waals surface area contributed by atoms with Crippen molar-refractivity contribution in [3.8, 4) is 0 Å². The largest absolute Gasteiger partial charge is 0.494 e. The summed E-state index contributed by atoms with van der Waals surface area (Å²) < 4.78 is 36.5. The Labute approximate surface area is 134 Å². The normalized spacial score (nSPS) is 23.8. The molecule has 0 aliphatic carbocycles. The molecular formula is C14H18N4O4S. The lowest BCUT2D eigenvalue weighted by Crippen LogP contribution is -2.53. The molecule has 3 atom stereocenters. The van der Waals surface area contributed by atoms with E-state index < -0.39 is 28.2 Å². The Morgan fingerprint density at radius 1 is 1.39 bits per heavy atom. The van der Waals surface area contributed by atoms with Crippen LogP contribution in [0.2, 0.25) is 0 Å². The lowest BCUT2D eigenvalue weighted by Gasteiger charge is -2.32. The first-order valence-electron chi connectivity index (χ1n) is 6.95. The van der Waals surface area contributed by atoms with Gasteiger partial charge in [-0.2, -0.15) is 0 Å². The van der Waals surface area contributed by atoms with Crippen molar-refractivity contribution in [3.05, 3.63) is 58.7 Å². The van der Waals surface area contributed by atoms with Crippen LogP contribution in [-0.4, -0.2) is 39.5 Å². The van der Waals surface area contributed by atoms with Crippen LogP contribution in [-0.2, 0) is 26.1 Å². The second-order valence-electron chi connectivity index (χ2n) is 5.12. The molecule has 0 bridgehead atoms. The highest BCUT2D eigenvalue weighted by molar-refractivity contribution is 7.88. The van der Waals surface area contributed by atoms with Gasteiger partial charge in [0.2, 0.25) is 10.0 Å². The highest BCUT2D eigenvalue weighted by Crippen LogP contribution is 2.17. The maximum absolute atomic E-state index is 11.5. The minimum absolute atomic E-state index is 0.157. The quantitative estimate of drug-likeness (QED) is 0.463. The minimum Gasteiger partial charge on any atom is -0.494 e. The maximum atomic E-state index is 11.5. The fourth-order valence-electron chi connectivity index (χ4n) is 2.22. The summed E-state index contributed by atoms with van der Waals surface area (Å²) in [7, 11) is -3.49. The maximum Gasteiger partial charge on any atom is 0.209 e. The molecule has 9 heteroatoms. The molecule has 0 radical (unpaired) electrons. The molecule has 124 valence electrons. The van der Waals surface area contributed by atoms with Crippen LogP contribution in [0.1, 0.15) is 5.56 Å². The van der Waals surface area contributed by atoms with Crippen LogP contribution in [0.3, 0.4) is 0 Å². The van der Waals surface area contributed by atoms with Crippen molar-refractivity contribution in [2.45, 2.75) is 24.8 Å². The molecule has 1 aliphatic heterocycles. The van der Waals surface area contributed by atoms with E-state index in [4.69, 9.17) is 15.0 Å². The summed E-state index contributed by atoms with van der Waals surface area (Å²) in [6, 6.07) is 8.19. The smallest absolute Gasteiger partial charge is 0.209 e. The van der Waals surface area contributed by atoms with Gasteiger partial charge in [0.05, 0.1) is 37.8 Å². The predicted octanol–water partition coefficient (Wildman–Crippen LogP) is 1.71. The highest BCUT2D eigenvalue weighted by Gasteiger charge is 2.34. The summed E-state index contributed by atoms with van der Waals surface area (Å²) in [6.07, 6.45) is 3.36. The zero-order chi connectivity index (χ0) is 16.7. The van der Waals surface area contributed by atoms with Gasteiger partial charge >= 0.3 is 0 Å². The number of azide groups is 1. The fourth-order valence-corrected chi connectivity index (χ4v) is 3.01. The Morgan fingerprint density at radius 3 is 2.78 bits per heavy atom. The third-order valence-electron chi connectivity index (χ3n) is 3.23. The first-order chi connectivity index (χ1) is 11.0. The first-order valence-corrected chi connectivity index (χ1v) is 8.84. The Hall–Kier alpha value is -2.06. The van der Waals surface area contributed by atoms with Gasteiger partial charge in [-0.3, -0.25) is 0 Å². The van der Waals surface area contributed by atoms with Crippen LogP contribution in [0.4, 0.5) is 0 Å². The summed E-state index contributed by atoms with van der Waals surface area (Å²) in [5.41, 5.74) is 9.62. The van der Waals surface area contributed by atoms with Gasteiger partial charge in [0, 0.05) is 4.91 Å². The van der Waals surface area contributed by atoms with Crippen LogP contribution in [0.5, 0.6) is 0 Å². The van der Waals surface area contributed by atoms with Crippen LogP contribution < -0.4 is 4.72 Å². The lowest BCUT2D eigenvalue weighted by molar-refractivity contribution is -0.00458. The molecule has 1 aliphatic rings. The lowest BCUT2D eigenvalue weighted by atomic mass is 10.0. The molecule has 23 heavy (non-hydrogen) atoms. The van der Waals surface area contributed by atoms with E-state index in [1.807, 2.05) is 30.3 Å². The molecule has 0 fully saturated rings. The van der Waals surface area contributed by atoms with Crippen LogP contribution in [0.25, 0.3) is 10.4 Å². The third-order valence-corrected chi connectivity index (χ3v) is 3.93. The Bertz CT molecular complexity index is 686. The van der Waals surface area contributed by atoms with Gasteiger partial charge < -0.3 is 9.47 Å². The average Bonchev–Trinajstić information content (AvgIpc) is 2.50. The van der Waals surface area contributed by atoms with Crippen LogP contribution in [0.15, 0.2) is 47.8 Å². The van der Waals surface area contributed by atoms with Crippen molar-refractivity contribution >= 4 is 10.0 Å². The molecule has 1 aromatic rings. The minimum atomic E-state index is -3.49. The van der Waals surface area contributed by atoms with Gasteiger partial charge in [-0.15, -0.1) is 0 Å². The van der Waals surface area contributed by atoms with Crippen molar-refractivity contribution in [2.75, 3.05) is 12.9 Å². The monoisotopic (exact) mass is 338 g/mol. The number of sulfonamides is 1. The molecule has 8 nitrogen and oxygen atoms in total. The molecule has 0 amide bonds. The number of hydrogen-bond donors (Lipinski definition) is 1. The Kier molecular flexibility index (Phi) is 6.00. The van der Waals surface area contributed by atoms with Gasteiger partial charge in [0.25, 0.3) is 0 Å². The Balaban J connectivity index is 2.02. The van der Waals surface area contributed by atoms with Crippen molar-refractivity contribution in [2.24, 2.45) is 5.11 Å². The number of nitrogens with zero attached hydrogens (tertiary/aromatic N) is 3. The number of ether oxygens (including phenoxy) is 2. The van der Waals surface area contributed by atoms with Gasteiger partial charge in [-0.05, 0) is 17.2 Å².